The van der Waals surface area contributed by atoms with Gasteiger partial charge in [-0.15, -0.1) is 16.9 Å². The molecule has 1 unspecified atom stereocenters. The van der Waals surface area contributed by atoms with E-state index in [-0.39, 0.29) is 31.6 Å². The summed E-state index contributed by atoms with van der Waals surface area (Å²) in [5.41, 5.74) is 2.24. The van der Waals surface area contributed by atoms with E-state index in [0.29, 0.717) is 0 Å². The molecular weight excluding hydrogens is 202 g/mol. The van der Waals surface area contributed by atoms with Crippen molar-refractivity contribution in [3.8, 4) is 0 Å². The van der Waals surface area contributed by atoms with E-state index < -0.39 is 8.03 Å². The summed E-state index contributed by atoms with van der Waals surface area (Å²) in [5, 5.41) is 0. The van der Waals surface area contributed by atoms with Gasteiger partial charge >= 0.3 is 8.03 Å². The Hall–Kier alpha value is 0.230. The Bertz CT molecular complexity index is 125. The molecule has 0 saturated carbocycles. The highest BCUT2D eigenvalue weighted by atomic mass is 35.5. The third-order valence-corrected chi connectivity index (χ3v) is 1.65. The van der Waals surface area contributed by atoms with Crippen molar-refractivity contribution in [2.45, 2.75) is 20.0 Å². The van der Waals surface area contributed by atoms with Crippen LogP contribution in [-0.2, 0) is 13.8 Å². The summed E-state index contributed by atoms with van der Waals surface area (Å²) in [4.78, 5) is 0. The number of hydrazine groups is 1. The highest BCUT2D eigenvalue weighted by molar-refractivity contribution is 7.39. The first-order valence-corrected chi connectivity index (χ1v) is 4.65. The van der Waals surface area contributed by atoms with Crippen molar-refractivity contribution in [3.05, 3.63) is 0 Å². The van der Waals surface area contributed by atoms with Crippen LogP contribution >= 0.6 is 20.4 Å². The van der Waals surface area contributed by atoms with Gasteiger partial charge in [-0.25, -0.2) is 5.43 Å². The number of rotatable bonds is 6. The molecule has 0 bridgehead atoms. The van der Waals surface area contributed by atoms with Gasteiger partial charge in [0.1, 0.15) is 0 Å². The van der Waals surface area contributed by atoms with Crippen LogP contribution in [-0.4, -0.2) is 19.2 Å². The molecule has 0 heterocycles. The van der Waals surface area contributed by atoms with Crippen LogP contribution in [0.4, 0.5) is 0 Å². The van der Waals surface area contributed by atoms with Crippen LogP contribution in [0.2, 0.25) is 0 Å². The number of nitrogens with two attached hydrogens (primary N) is 1. The fourth-order valence-corrected chi connectivity index (χ4v) is 0.764. The fourth-order valence-electron chi connectivity index (χ4n) is 0.345. The zero-order chi connectivity index (χ0) is 8.69. The van der Waals surface area contributed by atoms with Gasteiger partial charge in [0.25, 0.3) is 0 Å². The highest BCUT2D eigenvalue weighted by Crippen LogP contribution is 2.18. The highest BCUT2D eigenvalue weighted by Gasteiger charge is 2.15. The molecule has 12 heavy (non-hydrogen) atoms. The van der Waals surface area contributed by atoms with Gasteiger partial charge in [0.05, 0.1) is 6.10 Å². The van der Waals surface area contributed by atoms with Crippen molar-refractivity contribution in [1.29, 1.82) is 0 Å². The fraction of sp³-hybridized carbons (Fsp3) is 1.00. The minimum atomic E-state index is -1.72. The summed E-state index contributed by atoms with van der Waals surface area (Å²) in [6, 6.07) is 0. The van der Waals surface area contributed by atoms with Gasteiger partial charge in [0.2, 0.25) is 13.1 Å². The number of halogens is 1. The molecule has 0 aliphatic carbocycles. The molecule has 0 radical (unpaired) electrons. The molecule has 0 amide bonds. The molecule has 0 rings (SSSR count). The molecule has 74 valence electrons. The van der Waals surface area contributed by atoms with Gasteiger partial charge in [-0.1, -0.05) is 0 Å². The van der Waals surface area contributed by atoms with Gasteiger partial charge in [0, 0.05) is 0 Å². The van der Waals surface area contributed by atoms with E-state index in [1.165, 1.54) is 0 Å². The predicted octanol–water partition coefficient (Wildman–Crippen LogP) is 0.970. The molecule has 1 atom stereocenters. The average molecular weight is 218 g/mol. The quantitative estimate of drug-likeness (QED) is 0.300. The number of nitrogens with one attached hydrogen (secondary N) is 1. The minimum Gasteiger partial charge on any atom is -0.348 e. The van der Waals surface area contributed by atoms with Gasteiger partial charge < -0.3 is 4.74 Å². The largest absolute Gasteiger partial charge is 0.527 e. The van der Waals surface area contributed by atoms with E-state index in [1.807, 2.05) is 13.8 Å². The second kappa shape index (κ2) is 9.32. The maximum absolute atomic E-state index is 10.7. The van der Waals surface area contributed by atoms with Crippen molar-refractivity contribution in [3.63, 3.8) is 0 Å². The molecule has 0 aromatic carbocycles. The third kappa shape index (κ3) is 10.2. The lowest BCUT2D eigenvalue weighted by Crippen LogP contribution is -2.21. The van der Waals surface area contributed by atoms with Crippen LogP contribution < -0.4 is 11.3 Å². The van der Waals surface area contributed by atoms with E-state index in [1.54, 1.807) is 0 Å². The first-order chi connectivity index (χ1) is 5.16. The lowest BCUT2D eigenvalue weighted by Gasteiger charge is -2.01. The Balaban J connectivity index is 0. The first-order valence-electron chi connectivity index (χ1n) is 3.29. The molecular formula is C5H15ClN2O3P+. The van der Waals surface area contributed by atoms with Crippen molar-refractivity contribution < 1.29 is 13.8 Å². The van der Waals surface area contributed by atoms with E-state index in [2.05, 4.69) is 5.43 Å². The minimum absolute atomic E-state index is 0. The standard InChI is InChI=1S/C5H14N2O3P.ClH/c1-5(2)9-4-10-11(8)3-7-6;/h5,7H,3-4,6H2,1-2H3;1H/q+1;. The van der Waals surface area contributed by atoms with E-state index in [9.17, 15) is 4.57 Å². The molecule has 0 aliphatic rings. The Morgan fingerprint density at radius 3 is 2.58 bits per heavy atom. The van der Waals surface area contributed by atoms with E-state index in [4.69, 9.17) is 15.1 Å². The molecule has 7 heteroatoms. The van der Waals surface area contributed by atoms with Crippen molar-refractivity contribution >= 4 is 20.4 Å². The Morgan fingerprint density at radius 1 is 1.58 bits per heavy atom. The zero-order valence-electron chi connectivity index (χ0n) is 7.15. The normalized spacial score (nSPS) is 11.2. The second-order valence-corrected chi connectivity index (χ2v) is 3.40. The Kier molecular flexibility index (Phi) is 11.4. The maximum Gasteiger partial charge on any atom is 0.527 e. The molecule has 0 aliphatic heterocycles. The summed E-state index contributed by atoms with van der Waals surface area (Å²) in [6.07, 6.45) is 0.237. The SMILES string of the molecule is CC(C)OCO[P+](=O)CNN.Cl. The smallest absolute Gasteiger partial charge is 0.348 e. The molecule has 0 aromatic rings. The van der Waals surface area contributed by atoms with Crippen LogP contribution in [0.5, 0.6) is 0 Å². The number of hydrogen-bond acceptors (Lipinski definition) is 5. The molecule has 3 N–H and O–H groups in total. The predicted molar refractivity (Wildman–Crippen MR) is 49.2 cm³/mol. The average Bonchev–Trinajstić information content (AvgIpc) is 1.87. The van der Waals surface area contributed by atoms with Gasteiger partial charge in [-0.3, -0.25) is 5.84 Å². The van der Waals surface area contributed by atoms with E-state index >= 15 is 0 Å². The van der Waals surface area contributed by atoms with E-state index in [0.717, 1.165) is 0 Å². The maximum atomic E-state index is 10.7. The second-order valence-electron chi connectivity index (χ2n) is 2.16. The molecule has 0 saturated heterocycles. The Morgan fingerprint density at radius 2 is 2.17 bits per heavy atom. The van der Waals surface area contributed by atoms with Crippen LogP contribution in [0.3, 0.4) is 0 Å². The zero-order valence-corrected chi connectivity index (χ0v) is 8.86. The van der Waals surface area contributed by atoms with Crippen molar-refractivity contribution in [2.24, 2.45) is 5.84 Å². The first kappa shape index (κ1) is 14.7. The third-order valence-electron chi connectivity index (χ3n) is 0.818. The lowest BCUT2D eigenvalue weighted by molar-refractivity contribution is -0.0160. The molecule has 0 fully saturated rings. The Labute approximate surface area is 79.2 Å². The molecule has 0 spiro atoms. The van der Waals surface area contributed by atoms with Crippen molar-refractivity contribution in [2.75, 3.05) is 13.1 Å². The van der Waals surface area contributed by atoms with Gasteiger partial charge in [0.15, 0.2) is 0 Å². The number of hydrogen-bond donors (Lipinski definition) is 2. The summed E-state index contributed by atoms with van der Waals surface area (Å²) < 4.78 is 20.4. The summed E-state index contributed by atoms with van der Waals surface area (Å²) in [5.74, 6) is 4.91. The van der Waals surface area contributed by atoms with Gasteiger partial charge in [-0.2, -0.15) is 0 Å². The van der Waals surface area contributed by atoms with Gasteiger partial charge in [-0.05, 0) is 18.4 Å². The van der Waals surface area contributed by atoms with Crippen LogP contribution in [0, 0.1) is 0 Å². The lowest BCUT2D eigenvalue weighted by atomic mass is 10.5. The molecule has 0 aromatic heterocycles. The monoisotopic (exact) mass is 217 g/mol. The summed E-state index contributed by atoms with van der Waals surface area (Å²) in [7, 11) is -1.72. The van der Waals surface area contributed by atoms with Crippen LogP contribution in [0.15, 0.2) is 0 Å². The van der Waals surface area contributed by atoms with Crippen LogP contribution in [0.25, 0.3) is 0 Å². The van der Waals surface area contributed by atoms with Crippen molar-refractivity contribution in [1.82, 2.24) is 5.43 Å². The summed E-state index contributed by atoms with van der Waals surface area (Å²) in [6.45, 7) is 3.80. The summed E-state index contributed by atoms with van der Waals surface area (Å²) >= 11 is 0. The number of ether oxygens (including phenoxy) is 1. The molecule has 5 nitrogen and oxygen atoms in total. The topological polar surface area (TPSA) is 73.6 Å². The van der Waals surface area contributed by atoms with Crippen LogP contribution in [0.1, 0.15) is 13.8 Å².